The third kappa shape index (κ3) is 1.82. The zero-order valence-electron chi connectivity index (χ0n) is 8.28. The SMILES string of the molecule is O[C@@]1(C(F)(F)F)CCN(c2ncccn2)C1. The number of β-amino-alcohol motifs (C(OH)–C–C–N with tert-alkyl or cyclic N) is 1. The van der Waals surface area contributed by atoms with E-state index < -0.39 is 18.3 Å². The number of halogens is 3. The maximum atomic E-state index is 12.5. The van der Waals surface area contributed by atoms with Crippen LogP contribution in [0.25, 0.3) is 0 Å². The van der Waals surface area contributed by atoms with Crippen molar-refractivity contribution in [1.29, 1.82) is 0 Å². The molecule has 0 radical (unpaired) electrons. The third-order valence-corrected chi connectivity index (χ3v) is 2.61. The number of aliphatic hydroxyl groups is 1. The minimum Gasteiger partial charge on any atom is -0.379 e. The van der Waals surface area contributed by atoms with Crippen molar-refractivity contribution < 1.29 is 18.3 Å². The average Bonchev–Trinajstić information content (AvgIpc) is 2.63. The highest BCUT2D eigenvalue weighted by Gasteiger charge is 2.57. The van der Waals surface area contributed by atoms with E-state index in [1.165, 1.54) is 17.3 Å². The van der Waals surface area contributed by atoms with E-state index in [9.17, 15) is 18.3 Å². The first-order chi connectivity index (χ1) is 7.42. The average molecular weight is 233 g/mol. The van der Waals surface area contributed by atoms with Crippen LogP contribution in [0.1, 0.15) is 6.42 Å². The summed E-state index contributed by atoms with van der Waals surface area (Å²) < 4.78 is 37.5. The fraction of sp³-hybridized carbons (Fsp3) is 0.556. The van der Waals surface area contributed by atoms with Crippen molar-refractivity contribution in [2.24, 2.45) is 0 Å². The molecule has 1 aliphatic heterocycles. The van der Waals surface area contributed by atoms with Crippen LogP contribution in [0.4, 0.5) is 19.1 Å². The first-order valence-corrected chi connectivity index (χ1v) is 4.73. The van der Waals surface area contributed by atoms with Crippen LogP contribution >= 0.6 is 0 Å². The lowest BCUT2D eigenvalue weighted by atomic mass is 10.0. The van der Waals surface area contributed by atoms with Crippen LogP contribution in [0, 0.1) is 0 Å². The van der Waals surface area contributed by atoms with Crippen LogP contribution in [0.15, 0.2) is 18.5 Å². The number of nitrogens with zero attached hydrogens (tertiary/aromatic N) is 3. The van der Waals surface area contributed by atoms with E-state index in [2.05, 4.69) is 9.97 Å². The van der Waals surface area contributed by atoms with Gasteiger partial charge in [0.2, 0.25) is 5.95 Å². The summed E-state index contributed by atoms with van der Waals surface area (Å²) in [5.74, 6) is 0.211. The first kappa shape index (κ1) is 11.1. The monoisotopic (exact) mass is 233 g/mol. The van der Waals surface area contributed by atoms with Crippen LogP contribution in [0.2, 0.25) is 0 Å². The lowest BCUT2D eigenvalue weighted by Crippen LogP contribution is -2.47. The van der Waals surface area contributed by atoms with Gasteiger partial charge >= 0.3 is 6.18 Å². The van der Waals surface area contributed by atoms with Gasteiger partial charge in [-0.2, -0.15) is 13.2 Å². The van der Waals surface area contributed by atoms with E-state index in [1.807, 2.05) is 0 Å². The summed E-state index contributed by atoms with van der Waals surface area (Å²) in [6.07, 6.45) is -2.06. The van der Waals surface area contributed by atoms with Crippen molar-refractivity contribution in [2.75, 3.05) is 18.0 Å². The third-order valence-electron chi connectivity index (χ3n) is 2.61. The van der Waals surface area contributed by atoms with Gasteiger partial charge in [-0.05, 0) is 6.07 Å². The lowest BCUT2D eigenvalue weighted by Gasteiger charge is -2.25. The van der Waals surface area contributed by atoms with E-state index in [0.717, 1.165) is 0 Å². The van der Waals surface area contributed by atoms with Crippen LogP contribution in [0.3, 0.4) is 0 Å². The van der Waals surface area contributed by atoms with E-state index in [4.69, 9.17) is 0 Å². The Balaban J connectivity index is 2.15. The minimum atomic E-state index is -4.61. The standard InChI is InChI=1S/C9H10F3N3O/c10-9(11,12)8(16)2-5-15(6-8)7-13-3-1-4-14-7/h1,3-4,16H,2,5-6H2/t8-/m0/s1. The molecule has 1 aromatic rings. The molecule has 2 heterocycles. The summed E-state index contributed by atoms with van der Waals surface area (Å²) in [7, 11) is 0. The van der Waals surface area contributed by atoms with Gasteiger partial charge in [-0.15, -0.1) is 0 Å². The highest BCUT2D eigenvalue weighted by molar-refractivity contribution is 5.32. The highest BCUT2D eigenvalue weighted by Crippen LogP contribution is 2.38. The summed E-state index contributed by atoms with van der Waals surface area (Å²) in [6.45, 7) is -0.416. The van der Waals surface area contributed by atoms with Crippen molar-refractivity contribution in [3.63, 3.8) is 0 Å². The van der Waals surface area contributed by atoms with E-state index >= 15 is 0 Å². The molecule has 16 heavy (non-hydrogen) atoms. The second-order valence-electron chi connectivity index (χ2n) is 3.75. The molecule has 1 aliphatic rings. The molecule has 1 aromatic heterocycles. The molecule has 0 amide bonds. The predicted octanol–water partition coefficient (Wildman–Crippen LogP) is 0.980. The molecule has 1 saturated heterocycles. The van der Waals surface area contributed by atoms with Crippen molar-refractivity contribution in [1.82, 2.24) is 9.97 Å². The quantitative estimate of drug-likeness (QED) is 0.785. The first-order valence-electron chi connectivity index (χ1n) is 4.73. The summed E-state index contributed by atoms with van der Waals surface area (Å²) in [4.78, 5) is 9.02. The molecule has 4 nitrogen and oxygen atoms in total. The van der Waals surface area contributed by atoms with Gasteiger partial charge < -0.3 is 10.0 Å². The second kappa shape index (κ2) is 3.58. The summed E-state index contributed by atoms with van der Waals surface area (Å²) in [5, 5.41) is 9.44. The molecule has 1 atom stereocenters. The molecule has 88 valence electrons. The second-order valence-corrected chi connectivity index (χ2v) is 3.75. The van der Waals surface area contributed by atoms with E-state index in [1.54, 1.807) is 6.07 Å². The van der Waals surface area contributed by atoms with Gasteiger partial charge in [-0.3, -0.25) is 0 Å². The summed E-state index contributed by atoms with van der Waals surface area (Å²) in [5.41, 5.74) is -2.65. The Morgan fingerprint density at radius 3 is 2.44 bits per heavy atom. The van der Waals surface area contributed by atoms with E-state index in [-0.39, 0.29) is 18.9 Å². The number of anilines is 1. The Morgan fingerprint density at radius 1 is 1.31 bits per heavy atom. The molecule has 1 fully saturated rings. The molecule has 0 saturated carbocycles. The fourth-order valence-electron chi connectivity index (χ4n) is 1.65. The van der Waals surface area contributed by atoms with Gasteiger partial charge in [-0.25, -0.2) is 9.97 Å². The van der Waals surface area contributed by atoms with Crippen molar-refractivity contribution in [2.45, 2.75) is 18.2 Å². The summed E-state index contributed by atoms with van der Waals surface area (Å²) >= 11 is 0. The van der Waals surface area contributed by atoms with Crippen molar-refractivity contribution in [3.8, 4) is 0 Å². The molecule has 2 rings (SSSR count). The number of aromatic nitrogens is 2. The lowest BCUT2D eigenvalue weighted by molar-refractivity contribution is -0.250. The Morgan fingerprint density at radius 2 is 1.94 bits per heavy atom. The molecule has 0 aliphatic carbocycles. The van der Waals surface area contributed by atoms with Gasteiger partial charge in [0.25, 0.3) is 0 Å². The molecule has 7 heteroatoms. The molecule has 0 aromatic carbocycles. The maximum absolute atomic E-state index is 12.5. The topological polar surface area (TPSA) is 49.2 Å². The number of alkyl halides is 3. The fourth-order valence-corrected chi connectivity index (χ4v) is 1.65. The predicted molar refractivity (Wildman–Crippen MR) is 49.9 cm³/mol. The van der Waals surface area contributed by atoms with E-state index in [0.29, 0.717) is 0 Å². The highest BCUT2D eigenvalue weighted by atomic mass is 19.4. The Kier molecular flexibility index (Phi) is 2.49. The van der Waals surface area contributed by atoms with Gasteiger partial charge in [0.15, 0.2) is 5.60 Å². The molecule has 0 spiro atoms. The van der Waals surface area contributed by atoms with Gasteiger partial charge in [0.05, 0.1) is 6.54 Å². The number of hydrogen-bond donors (Lipinski definition) is 1. The molecule has 0 unspecified atom stereocenters. The Hall–Kier alpha value is -1.37. The number of rotatable bonds is 1. The van der Waals surface area contributed by atoms with Gasteiger partial charge in [0, 0.05) is 25.4 Å². The maximum Gasteiger partial charge on any atom is 0.419 e. The smallest absolute Gasteiger partial charge is 0.379 e. The zero-order valence-corrected chi connectivity index (χ0v) is 8.28. The molecular formula is C9H10F3N3O. The van der Waals surface area contributed by atoms with Crippen LogP contribution in [-0.2, 0) is 0 Å². The molecule has 1 N–H and O–H groups in total. The zero-order chi connectivity index (χ0) is 11.8. The molecular weight excluding hydrogens is 223 g/mol. The normalized spacial score (nSPS) is 26.1. The van der Waals surface area contributed by atoms with Crippen molar-refractivity contribution >= 4 is 5.95 Å². The largest absolute Gasteiger partial charge is 0.419 e. The van der Waals surface area contributed by atoms with Gasteiger partial charge in [-0.1, -0.05) is 0 Å². The van der Waals surface area contributed by atoms with Crippen LogP contribution < -0.4 is 4.90 Å². The Labute approximate surface area is 89.7 Å². The van der Waals surface area contributed by atoms with Crippen LogP contribution in [-0.4, -0.2) is 39.9 Å². The van der Waals surface area contributed by atoms with Crippen molar-refractivity contribution in [3.05, 3.63) is 18.5 Å². The number of hydrogen-bond acceptors (Lipinski definition) is 4. The molecule has 0 bridgehead atoms. The Bertz CT molecular complexity index is 370. The van der Waals surface area contributed by atoms with Gasteiger partial charge in [0.1, 0.15) is 0 Å². The summed E-state index contributed by atoms with van der Waals surface area (Å²) in [6, 6.07) is 1.58. The minimum absolute atomic E-state index is 0.0972. The van der Waals surface area contributed by atoms with Crippen LogP contribution in [0.5, 0.6) is 0 Å².